The maximum absolute atomic E-state index is 2.78. The van der Waals surface area contributed by atoms with Gasteiger partial charge in [-0.25, -0.2) is 0 Å². The van der Waals surface area contributed by atoms with Gasteiger partial charge < -0.3 is 0 Å². The van der Waals surface area contributed by atoms with Crippen molar-refractivity contribution in [3.63, 3.8) is 0 Å². The van der Waals surface area contributed by atoms with Crippen molar-refractivity contribution in [2.75, 3.05) is 0 Å². The molecule has 0 fully saturated rings. The average Bonchev–Trinajstić information content (AvgIpc) is 4.27. The van der Waals surface area contributed by atoms with E-state index >= 15 is 0 Å². The molecule has 0 N–H and O–H groups in total. The fraction of sp³-hybridized carbons (Fsp3) is 0.231. The first-order chi connectivity index (χ1) is 35.7. The molecule has 4 aliphatic carbocycles. The van der Waals surface area contributed by atoms with Gasteiger partial charge in [-0.3, -0.25) is 0 Å². The van der Waals surface area contributed by atoms with Crippen LogP contribution < -0.4 is 34.2 Å². The van der Waals surface area contributed by atoms with E-state index in [0.29, 0.717) is 0 Å². The van der Waals surface area contributed by atoms with E-state index in [1.54, 1.807) is 51.3 Å². The Bertz CT molecular complexity index is 4180. The molecule has 17 rings (SSSR count). The SMILES string of the molecule is c1ccc2c(c1)c1c(n2-c2cc3c4c(c2)[Se]c2c(cc(-n5c6c(c7ccccc75)CCC6)cc2-n2c5c(c6ccccc62)CCC5)B4c2ccc(-n4c5c(c6ccccc64)CCCC5)cc2[Se]3)CCCCC1. The third-order valence-corrected chi connectivity index (χ3v) is 22.9. The number of hydrogen-bond acceptors (Lipinski definition) is 0. The molecule has 7 aromatic carbocycles. The van der Waals surface area contributed by atoms with Crippen molar-refractivity contribution in [1.82, 2.24) is 18.3 Å². The molecule has 6 heterocycles. The standard InChI is InChI=1S/C65H53BN4Se2/c1-2-16-42-45-19-6-12-28-56(45)69(54(42)24-3-1)41-37-62-64-63(38-41)72-65-51(66(64)50-33-32-39(36-61(50)71-62)67-52-25-9-4-17-43(52)44-18-5-10-26-53(44)67)34-40(68-55-27-11-7-20-46(55)48-22-14-30-57(48)68)35-60(65)70-58-29-13-8-21-47(58)49-23-15-31-59(49)70/h4,6-9,11-13,17,19-21,25,27-29,32-38H,1-3,5,10,14-16,18,22-24,26,30-31H2. The molecule has 0 saturated heterocycles. The summed E-state index contributed by atoms with van der Waals surface area (Å²) >= 11 is 0.182. The average molecular weight is 1060 g/mol. The van der Waals surface area contributed by atoms with Gasteiger partial charge >= 0.3 is 436 Å². The summed E-state index contributed by atoms with van der Waals surface area (Å²) in [6.07, 6.45) is 18.1. The molecule has 4 aromatic heterocycles. The first-order valence-electron chi connectivity index (χ1n) is 27.1. The summed E-state index contributed by atoms with van der Waals surface area (Å²) in [6, 6.07) is 55.8. The van der Waals surface area contributed by atoms with Gasteiger partial charge in [-0.2, -0.15) is 0 Å². The van der Waals surface area contributed by atoms with Gasteiger partial charge in [0.15, 0.2) is 0 Å². The van der Waals surface area contributed by atoms with Crippen LogP contribution in [0.25, 0.3) is 66.4 Å². The van der Waals surface area contributed by atoms with Crippen molar-refractivity contribution in [2.24, 2.45) is 0 Å². The first kappa shape index (κ1) is 41.3. The maximum atomic E-state index is 2.78. The van der Waals surface area contributed by atoms with Crippen molar-refractivity contribution < 1.29 is 0 Å². The Balaban J connectivity index is 0.965. The number of rotatable bonds is 4. The predicted molar refractivity (Wildman–Crippen MR) is 303 cm³/mol. The van der Waals surface area contributed by atoms with E-state index in [1.807, 2.05) is 0 Å². The normalized spacial score (nSPS) is 16.5. The number of hydrogen-bond donors (Lipinski definition) is 0. The summed E-state index contributed by atoms with van der Waals surface area (Å²) < 4.78 is 17.2. The minimum atomic E-state index is 0.0634. The van der Waals surface area contributed by atoms with E-state index < -0.39 is 0 Å². The molecule has 348 valence electrons. The Morgan fingerprint density at radius 1 is 0.333 bits per heavy atom. The van der Waals surface area contributed by atoms with Crippen LogP contribution in [0.15, 0.2) is 140 Å². The predicted octanol–water partition coefficient (Wildman–Crippen LogP) is 9.04. The third kappa shape index (κ3) is 5.72. The summed E-state index contributed by atoms with van der Waals surface area (Å²) in [4.78, 5) is 0. The van der Waals surface area contributed by atoms with Crippen molar-refractivity contribution in [1.29, 1.82) is 0 Å². The van der Waals surface area contributed by atoms with Gasteiger partial charge in [-0.1, -0.05) is 0 Å². The molecular formula is C65H53BN4Se2. The van der Waals surface area contributed by atoms with Crippen LogP contribution in [0.1, 0.15) is 90.0 Å². The van der Waals surface area contributed by atoms with E-state index in [1.165, 1.54) is 159 Å². The zero-order valence-electron chi connectivity index (χ0n) is 40.6. The van der Waals surface area contributed by atoms with Crippen molar-refractivity contribution in [3.05, 3.63) is 185 Å². The van der Waals surface area contributed by atoms with Gasteiger partial charge in [0.1, 0.15) is 0 Å². The molecule has 6 aliphatic rings. The molecule has 0 radical (unpaired) electrons. The second kappa shape index (κ2) is 15.7. The van der Waals surface area contributed by atoms with Gasteiger partial charge in [0.25, 0.3) is 0 Å². The van der Waals surface area contributed by atoms with Gasteiger partial charge in [0.05, 0.1) is 0 Å². The Kier molecular flexibility index (Phi) is 8.98. The molecule has 0 saturated carbocycles. The van der Waals surface area contributed by atoms with Crippen molar-refractivity contribution in [3.8, 4) is 22.7 Å². The summed E-state index contributed by atoms with van der Waals surface area (Å²) in [5.74, 6) is 0. The molecule has 72 heavy (non-hydrogen) atoms. The van der Waals surface area contributed by atoms with Crippen LogP contribution in [0.5, 0.6) is 0 Å². The monoisotopic (exact) mass is 1060 g/mol. The van der Waals surface area contributed by atoms with Gasteiger partial charge in [-0.15, -0.1) is 0 Å². The van der Waals surface area contributed by atoms with E-state index in [4.69, 9.17) is 0 Å². The topological polar surface area (TPSA) is 19.7 Å². The van der Waals surface area contributed by atoms with Crippen LogP contribution in [-0.4, -0.2) is 54.9 Å². The minimum absolute atomic E-state index is 0.0634. The van der Waals surface area contributed by atoms with Crippen LogP contribution in [0, 0.1) is 0 Å². The fourth-order valence-electron chi connectivity index (χ4n) is 15.1. The number of fused-ring (bicyclic) bond motifs is 16. The molecule has 0 amide bonds. The fourth-order valence-corrected chi connectivity index (χ4v) is 20.7. The molecule has 2 aliphatic heterocycles. The number of aryl methyl sites for hydroxylation is 4. The van der Waals surface area contributed by atoms with Gasteiger partial charge in [-0.05, 0) is 0 Å². The molecule has 0 unspecified atom stereocenters. The summed E-state index contributed by atoms with van der Waals surface area (Å²) in [5.41, 5.74) is 28.1. The summed E-state index contributed by atoms with van der Waals surface area (Å²) in [7, 11) is 0. The third-order valence-electron chi connectivity index (χ3n) is 18.0. The molecular weight excluding hydrogens is 1010 g/mol. The Morgan fingerprint density at radius 2 is 0.764 bits per heavy atom. The van der Waals surface area contributed by atoms with E-state index in [2.05, 4.69) is 158 Å². The van der Waals surface area contributed by atoms with Crippen LogP contribution in [-0.2, 0) is 51.4 Å². The molecule has 11 aromatic rings. The van der Waals surface area contributed by atoms with Crippen molar-refractivity contribution in [2.45, 2.75) is 96.3 Å². The van der Waals surface area contributed by atoms with Gasteiger partial charge in [0.2, 0.25) is 0 Å². The molecule has 4 nitrogen and oxygen atoms in total. The van der Waals surface area contributed by atoms with E-state index in [0.717, 1.165) is 32.1 Å². The molecule has 7 heteroatoms. The number of nitrogens with zero attached hydrogens (tertiary/aromatic N) is 4. The molecule has 0 bridgehead atoms. The number of benzene rings is 7. The zero-order valence-corrected chi connectivity index (χ0v) is 44.0. The van der Waals surface area contributed by atoms with Crippen molar-refractivity contribution >= 4 is 114 Å². The molecule has 0 spiro atoms. The second-order valence-electron chi connectivity index (χ2n) is 21.7. The summed E-state index contributed by atoms with van der Waals surface area (Å²) in [6.45, 7) is 0.145. The van der Waals surface area contributed by atoms with Gasteiger partial charge in [0, 0.05) is 0 Å². The quantitative estimate of drug-likeness (QED) is 0.124. The van der Waals surface area contributed by atoms with Crippen LogP contribution in [0.3, 0.4) is 0 Å². The Morgan fingerprint density at radius 3 is 1.36 bits per heavy atom. The Labute approximate surface area is 433 Å². The van der Waals surface area contributed by atoms with Crippen LogP contribution >= 0.6 is 0 Å². The van der Waals surface area contributed by atoms with E-state index in [9.17, 15) is 0 Å². The first-order valence-corrected chi connectivity index (χ1v) is 30.5. The molecule has 0 atom stereocenters. The second-order valence-corrected chi connectivity index (χ2v) is 26.2. The zero-order chi connectivity index (χ0) is 46.8. The number of aromatic nitrogens is 4. The van der Waals surface area contributed by atoms with Crippen LogP contribution in [0.2, 0.25) is 0 Å². The van der Waals surface area contributed by atoms with Crippen LogP contribution in [0.4, 0.5) is 0 Å². The number of para-hydroxylation sites is 4. The van der Waals surface area contributed by atoms with E-state index in [-0.39, 0.29) is 36.6 Å². The summed E-state index contributed by atoms with van der Waals surface area (Å²) in [5, 5.41) is 5.80. The Hall–Kier alpha value is -6.20.